The summed E-state index contributed by atoms with van der Waals surface area (Å²) in [5.74, 6) is 0.712. The van der Waals surface area contributed by atoms with Gasteiger partial charge in [0.2, 0.25) is 0 Å². The third-order valence-corrected chi connectivity index (χ3v) is 3.85. The average molecular weight is 302 g/mol. The molecule has 0 saturated carbocycles. The van der Waals surface area contributed by atoms with Crippen molar-refractivity contribution in [2.24, 2.45) is 0 Å². The largest absolute Gasteiger partial charge is 0.492 e. The van der Waals surface area contributed by atoms with Crippen LogP contribution >= 0.6 is 34.5 Å². The maximum Gasteiger partial charge on any atom is 0.138 e. The van der Waals surface area contributed by atoms with Crippen molar-refractivity contribution in [3.8, 4) is 5.75 Å². The third-order valence-electron chi connectivity index (χ3n) is 2.33. The van der Waals surface area contributed by atoms with E-state index < -0.39 is 0 Å². The highest BCUT2D eigenvalue weighted by atomic mass is 35.5. The van der Waals surface area contributed by atoms with Crippen LogP contribution in [0.5, 0.6) is 5.75 Å². The van der Waals surface area contributed by atoms with Crippen molar-refractivity contribution in [1.29, 1.82) is 0 Å². The summed E-state index contributed by atoms with van der Waals surface area (Å²) in [6.07, 6.45) is 0. The second-order valence-corrected chi connectivity index (χ2v) is 5.84. The predicted octanol–water partition coefficient (Wildman–Crippen LogP) is 5.07. The van der Waals surface area contributed by atoms with Gasteiger partial charge in [0.05, 0.1) is 16.0 Å². The first-order valence-electron chi connectivity index (χ1n) is 5.59. The molecule has 0 aliphatic rings. The number of rotatable bonds is 5. The van der Waals surface area contributed by atoms with Gasteiger partial charge in [0.15, 0.2) is 0 Å². The van der Waals surface area contributed by atoms with E-state index in [-0.39, 0.29) is 0 Å². The quantitative estimate of drug-likeness (QED) is 0.833. The molecule has 0 spiro atoms. The molecule has 2 rings (SSSR count). The standard InChI is InChI=1S/C13H13Cl2NOS/c1-2-17-12-5-3-9(7-11(12)14)16-8-10-4-6-13(15)18-10/h3-7,16H,2,8H2,1H3. The van der Waals surface area contributed by atoms with E-state index in [1.54, 1.807) is 11.3 Å². The summed E-state index contributed by atoms with van der Waals surface area (Å²) in [5, 5.41) is 3.91. The lowest BCUT2D eigenvalue weighted by Crippen LogP contribution is -1.98. The van der Waals surface area contributed by atoms with Crippen molar-refractivity contribution in [3.63, 3.8) is 0 Å². The molecule has 18 heavy (non-hydrogen) atoms. The number of ether oxygens (including phenoxy) is 1. The monoisotopic (exact) mass is 301 g/mol. The van der Waals surface area contributed by atoms with Gasteiger partial charge < -0.3 is 10.1 Å². The molecule has 1 aromatic carbocycles. The topological polar surface area (TPSA) is 21.3 Å². The summed E-state index contributed by atoms with van der Waals surface area (Å²) in [7, 11) is 0. The van der Waals surface area contributed by atoms with Gasteiger partial charge >= 0.3 is 0 Å². The summed E-state index contributed by atoms with van der Waals surface area (Å²) >= 11 is 13.6. The number of halogens is 2. The highest BCUT2D eigenvalue weighted by Crippen LogP contribution is 2.28. The molecule has 1 aromatic heterocycles. The molecule has 0 aliphatic carbocycles. The minimum Gasteiger partial charge on any atom is -0.492 e. The van der Waals surface area contributed by atoms with Crippen molar-refractivity contribution in [2.75, 3.05) is 11.9 Å². The molecule has 0 aliphatic heterocycles. The molecule has 5 heteroatoms. The summed E-state index contributed by atoms with van der Waals surface area (Å²) in [4.78, 5) is 1.19. The lowest BCUT2D eigenvalue weighted by atomic mass is 10.3. The first kappa shape index (κ1) is 13.5. The number of anilines is 1. The van der Waals surface area contributed by atoms with Gasteiger partial charge in [-0.3, -0.25) is 0 Å². The zero-order chi connectivity index (χ0) is 13.0. The zero-order valence-corrected chi connectivity index (χ0v) is 12.2. The van der Waals surface area contributed by atoms with E-state index in [1.807, 2.05) is 37.3 Å². The van der Waals surface area contributed by atoms with Crippen LogP contribution in [0, 0.1) is 0 Å². The van der Waals surface area contributed by atoms with Crippen LogP contribution in [-0.4, -0.2) is 6.61 Å². The molecule has 2 aromatic rings. The minimum absolute atomic E-state index is 0.611. The molecular weight excluding hydrogens is 289 g/mol. The van der Waals surface area contributed by atoms with E-state index >= 15 is 0 Å². The highest BCUT2D eigenvalue weighted by Gasteiger charge is 2.03. The molecule has 0 saturated heterocycles. The fraction of sp³-hybridized carbons (Fsp3) is 0.231. The summed E-state index contributed by atoms with van der Waals surface area (Å²) in [6.45, 7) is 3.28. The van der Waals surface area contributed by atoms with Crippen LogP contribution in [0.3, 0.4) is 0 Å². The number of nitrogens with one attached hydrogen (secondary N) is 1. The van der Waals surface area contributed by atoms with Crippen molar-refractivity contribution in [3.05, 3.63) is 44.6 Å². The van der Waals surface area contributed by atoms with Crippen molar-refractivity contribution in [1.82, 2.24) is 0 Å². The lowest BCUT2D eigenvalue weighted by molar-refractivity contribution is 0.340. The van der Waals surface area contributed by atoms with Crippen molar-refractivity contribution < 1.29 is 4.74 Å². The molecule has 0 radical (unpaired) electrons. The molecule has 0 atom stereocenters. The summed E-state index contributed by atoms with van der Waals surface area (Å²) < 4.78 is 6.18. The molecule has 1 N–H and O–H groups in total. The number of benzene rings is 1. The molecule has 0 unspecified atom stereocenters. The fourth-order valence-electron chi connectivity index (χ4n) is 1.52. The Hall–Kier alpha value is -0.900. The number of hydrogen-bond acceptors (Lipinski definition) is 3. The van der Waals surface area contributed by atoms with Gasteiger partial charge in [-0.2, -0.15) is 0 Å². The van der Waals surface area contributed by atoms with Crippen molar-refractivity contribution in [2.45, 2.75) is 13.5 Å². The molecule has 0 bridgehead atoms. The van der Waals surface area contributed by atoms with E-state index in [2.05, 4.69) is 5.32 Å². The lowest BCUT2D eigenvalue weighted by Gasteiger charge is -2.09. The molecule has 0 fully saturated rings. The van der Waals surface area contributed by atoms with Gasteiger partial charge in [-0.1, -0.05) is 23.2 Å². The maximum absolute atomic E-state index is 6.11. The van der Waals surface area contributed by atoms with Crippen LogP contribution in [-0.2, 0) is 6.54 Å². The van der Waals surface area contributed by atoms with Crippen LogP contribution in [0.4, 0.5) is 5.69 Å². The minimum atomic E-state index is 0.611. The van der Waals surface area contributed by atoms with E-state index in [1.165, 1.54) is 4.88 Å². The van der Waals surface area contributed by atoms with E-state index in [9.17, 15) is 0 Å². The number of thiophene rings is 1. The maximum atomic E-state index is 6.11. The Labute approximate surface area is 120 Å². The van der Waals surface area contributed by atoms with E-state index in [0.717, 1.165) is 16.6 Å². The Bertz CT molecular complexity index is 527. The molecule has 0 amide bonds. The Kier molecular flexibility index (Phi) is 4.75. The Morgan fingerprint density at radius 1 is 1.22 bits per heavy atom. The first-order valence-corrected chi connectivity index (χ1v) is 7.16. The molecule has 1 heterocycles. The van der Waals surface area contributed by atoms with Gasteiger partial charge in [-0.05, 0) is 37.3 Å². The van der Waals surface area contributed by atoms with Crippen LogP contribution < -0.4 is 10.1 Å². The predicted molar refractivity (Wildman–Crippen MR) is 79.3 cm³/mol. The first-order chi connectivity index (χ1) is 8.69. The van der Waals surface area contributed by atoms with Crippen LogP contribution in [0.25, 0.3) is 0 Å². The average Bonchev–Trinajstić information content (AvgIpc) is 2.76. The van der Waals surface area contributed by atoms with E-state index in [0.29, 0.717) is 17.4 Å². The SMILES string of the molecule is CCOc1ccc(NCc2ccc(Cl)s2)cc1Cl. The van der Waals surface area contributed by atoms with Crippen molar-refractivity contribution >= 4 is 40.2 Å². The smallest absolute Gasteiger partial charge is 0.138 e. The summed E-state index contributed by atoms with van der Waals surface area (Å²) in [5.41, 5.74) is 0.966. The molecule has 2 nitrogen and oxygen atoms in total. The summed E-state index contributed by atoms with van der Waals surface area (Å²) in [6, 6.07) is 9.59. The number of hydrogen-bond donors (Lipinski definition) is 1. The van der Waals surface area contributed by atoms with Crippen LogP contribution in [0.1, 0.15) is 11.8 Å². The van der Waals surface area contributed by atoms with Gasteiger partial charge in [-0.25, -0.2) is 0 Å². The highest BCUT2D eigenvalue weighted by molar-refractivity contribution is 7.16. The Balaban J connectivity index is 1.99. The van der Waals surface area contributed by atoms with Crippen LogP contribution in [0.2, 0.25) is 9.36 Å². The zero-order valence-electron chi connectivity index (χ0n) is 9.87. The second kappa shape index (κ2) is 6.32. The fourth-order valence-corrected chi connectivity index (χ4v) is 2.78. The van der Waals surface area contributed by atoms with E-state index in [4.69, 9.17) is 27.9 Å². The normalized spacial score (nSPS) is 10.4. The van der Waals surface area contributed by atoms with Gasteiger partial charge in [0.1, 0.15) is 5.75 Å². The Morgan fingerprint density at radius 2 is 2.06 bits per heavy atom. The third kappa shape index (κ3) is 3.55. The van der Waals surface area contributed by atoms with Gasteiger partial charge in [0.25, 0.3) is 0 Å². The molecule has 96 valence electrons. The van der Waals surface area contributed by atoms with Gasteiger partial charge in [-0.15, -0.1) is 11.3 Å². The Morgan fingerprint density at radius 3 is 2.67 bits per heavy atom. The van der Waals surface area contributed by atoms with Gasteiger partial charge in [0, 0.05) is 17.1 Å². The molecular formula is C13H13Cl2NOS. The second-order valence-electron chi connectivity index (χ2n) is 3.64. The van der Waals surface area contributed by atoms with Crippen LogP contribution in [0.15, 0.2) is 30.3 Å².